The molecule has 0 heterocycles. The van der Waals surface area contributed by atoms with E-state index >= 15 is 0 Å². The summed E-state index contributed by atoms with van der Waals surface area (Å²) in [6.07, 6.45) is 17.7. The molecule has 0 nitrogen and oxygen atoms in total. The van der Waals surface area contributed by atoms with Crippen molar-refractivity contribution in [1.82, 2.24) is 0 Å². The molecular formula is C112H86Y7-14. The van der Waals surface area contributed by atoms with Crippen LogP contribution in [0.2, 0.25) is 0 Å². The molecular weight excluding hydrogens is 1970 g/mol. The first-order chi connectivity index (χ1) is 54.5. The first-order valence-corrected chi connectivity index (χ1v) is 38.6. The molecule has 0 saturated carbocycles. The van der Waals surface area contributed by atoms with Gasteiger partial charge in [0.05, 0.1) is 0 Å². The van der Waals surface area contributed by atoms with Crippen LogP contribution in [0.1, 0.15) is 156 Å². The van der Waals surface area contributed by atoms with Crippen molar-refractivity contribution in [2.75, 3.05) is 0 Å². The van der Waals surface area contributed by atoms with Gasteiger partial charge >= 0.3 is 0 Å². The number of hydrogen-bond acceptors (Lipinski definition) is 0. The Balaban J connectivity index is 0.000000171. The summed E-state index contributed by atoms with van der Waals surface area (Å²) in [6, 6.07) is 98.3. The third-order valence-electron chi connectivity index (χ3n) is 22.7. The monoisotopic (exact) mass is 2050 g/mol. The summed E-state index contributed by atoms with van der Waals surface area (Å²) < 4.78 is 0. The molecule has 0 N–H and O–H groups in total. The van der Waals surface area contributed by atoms with Crippen molar-refractivity contribution in [3.05, 3.63) is 457 Å². The van der Waals surface area contributed by atoms with Crippen molar-refractivity contribution in [3.63, 3.8) is 0 Å². The molecule has 7 aliphatic carbocycles. The average molecular weight is 2050 g/mol. The van der Waals surface area contributed by atoms with Crippen LogP contribution in [0.4, 0.5) is 0 Å². The third-order valence-corrected chi connectivity index (χ3v) is 22.7. The molecule has 0 bridgehead atoms. The zero-order chi connectivity index (χ0) is 77.8. The van der Waals surface area contributed by atoms with Gasteiger partial charge in [0.2, 0.25) is 0 Å². The fourth-order valence-electron chi connectivity index (χ4n) is 17.3. The van der Waals surface area contributed by atoms with Crippen molar-refractivity contribution in [1.29, 1.82) is 0 Å². The standard InChI is InChI=1S/C16H12.C16H14.5C16H12.7Y/c1-3-12-5-7-14-10-13-6-4-11(2)8-15(13)16(14)9-12;2*1-3-12-5-4-6-13-10-14-9-11(2)7-8-15(14)16(12)13;1-3-12-7-8-15-14(9-12)10-13-6-4-5-11(2)16(13)15;1-3-12-8-11(2)15-10-13-6-4-5-7-14(13)16(15)9-12;1-3-12-8-11(2)9-16-14-7-5-4-6-13(14)10-15(12)16;1-3-12-8-9-15-14-7-5-4-6-13(14)10-16(15)11(12)2;;;;;;;/h1,3-8H,10H2,2H3;4,6-9H,1,3,10H2,2H3;1,3-4,6-9H,10H2,2H3;1,3-8H,10H2,2H3;3*1,3-7,9H,10H2,2H3;;;;;;;/q7*-2;;;;;;;. The predicted octanol–water partition coefficient (Wildman–Crippen LogP) is 26.6. The minimum Gasteiger partial charge on any atom is -0.344 e. The minimum absolute atomic E-state index is 0. The summed E-state index contributed by atoms with van der Waals surface area (Å²) in [4.78, 5) is 0. The molecule has 0 aliphatic heterocycles. The molecule has 14 aromatic carbocycles. The van der Waals surface area contributed by atoms with Gasteiger partial charge in [-0.2, -0.15) is 59.5 Å². The smallest absolute Gasteiger partial charge is 0 e. The van der Waals surface area contributed by atoms with Gasteiger partial charge in [-0.05, 0) is 111 Å². The predicted molar refractivity (Wildman–Crippen MR) is 469 cm³/mol. The van der Waals surface area contributed by atoms with Crippen LogP contribution in [0.15, 0.2) is 212 Å². The van der Waals surface area contributed by atoms with Gasteiger partial charge < -0.3 is 93.5 Å². The zero-order valence-electron chi connectivity index (χ0n) is 69.0. The Bertz CT molecular complexity index is 6130. The average Bonchev–Trinajstić information content (AvgIpc) is 1.68. The van der Waals surface area contributed by atoms with Crippen LogP contribution >= 0.6 is 0 Å². The van der Waals surface area contributed by atoms with Gasteiger partial charge in [0, 0.05) is 229 Å². The molecule has 119 heavy (non-hydrogen) atoms. The van der Waals surface area contributed by atoms with Gasteiger partial charge in [-0.25, -0.2) is 65.7 Å². The van der Waals surface area contributed by atoms with Crippen LogP contribution in [0.3, 0.4) is 0 Å². The van der Waals surface area contributed by atoms with Gasteiger partial charge in [0.25, 0.3) is 0 Å². The molecule has 7 radical (unpaired) electrons. The second-order valence-corrected chi connectivity index (χ2v) is 30.0. The number of aryl methyl sites for hydroxylation is 6. The topological polar surface area (TPSA) is 0 Å². The quantitative estimate of drug-likeness (QED) is 0.140. The molecule has 7 heteroatoms. The van der Waals surface area contributed by atoms with E-state index < -0.39 is 0 Å². The van der Waals surface area contributed by atoms with Crippen LogP contribution in [0.25, 0.3) is 114 Å². The molecule has 7 aliphatic rings. The molecule has 0 saturated heterocycles. The van der Waals surface area contributed by atoms with Crippen LogP contribution in [0, 0.1) is 137 Å². The Morgan fingerprint density at radius 3 is 1.41 bits per heavy atom. The molecule has 0 unspecified atom stereocenters. The van der Waals surface area contributed by atoms with Crippen LogP contribution in [0.5, 0.6) is 0 Å². The minimum atomic E-state index is 0. The molecule has 569 valence electrons. The fraction of sp³-hybridized carbons (Fsp3) is 0.134. The maximum Gasteiger partial charge on any atom is 0 e. The maximum absolute atomic E-state index is 5.67. The summed E-state index contributed by atoms with van der Waals surface area (Å²) in [5, 5.41) is 0. The number of rotatable bonds is 7. The van der Waals surface area contributed by atoms with Gasteiger partial charge in [-0.3, -0.25) is 22.8 Å². The van der Waals surface area contributed by atoms with Crippen molar-refractivity contribution in [2.24, 2.45) is 0 Å². The summed E-state index contributed by atoms with van der Waals surface area (Å²) >= 11 is 0. The largest absolute Gasteiger partial charge is 0.344 e. The number of fused-ring (bicyclic) bond motifs is 21. The Kier molecular flexibility index (Phi) is 38.0. The third kappa shape index (κ3) is 21.7. The first-order valence-electron chi connectivity index (χ1n) is 38.6. The van der Waals surface area contributed by atoms with Crippen molar-refractivity contribution in [2.45, 2.75) is 99.8 Å². The summed E-state index contributed by atoms with van der Waals surface area (Å²) in [5.41, 5.74) is 54.1. The van der Waals surface area contributed by atoms with E-state index in [-0.39, 0.29) is 229 Å². The fourth-order valence-corrected chi connectivity index (χ4v) is 17.3. The van der Waals surface area contributed by atoms with E-state index in [1.807, 2.05) is 24.3 Å². The van der Waals surface area contributed by atoms with Gasteiger partial charge in [0.1, 0.15) is 0 Å². The van der Waals surface area contributed by atoms with Crippen molar-refractivity contribution < 1.29 is 229 Å². The molecule has 0 spiro atoms. The van der Waals surface area contributed by atoms with Crippen molar-refractivity contribution >= 4 is 36.5 Å². The summed E-state index contributed by atoms with van der Waals surface area (Å²) in [7, 11) is 0. The van der Waals surface area contributed by atoms with E-state index in [2.05, 4.69) is 286 Å². The number of hydrogen-bond donors (Lipinski definition) is 0. The van der Waals surface area contributed by atoms with Crippen LogP contribution < -0.4 is 0 Å². The maximum atomic E-state index is 5.67. The summed E-state index contributed by atoms with van der Waals surface area (Å²) in [5.74, 6) is 0. The van der Waals surface area contributed by atoms with Crippen LogP contribution in [-0.4, -0.2) is 0 Å². The summed E-state index contributed by atoms with van der Waals surface area (Å²) in [6.45, 7) is 52.4. The van der Waals surface area contributed by atoms with E-state index in [1.54, 1.807) is 36.5 Å². The van der Waals surface area contributed by atoms with Gasteiger partial charge in [-0.15, -0.1) is 79.4 Å². The molecule has 0 amide bonds. The van der Waals surface area contributed by atoms with Crippen LogP contribution in [-0.2, 0) is 280 Å². The van der Waals surface area contributed by atoms with Crippen molar-refractivity contribution in [3.8, 4) is 77.9 Å². The second-order valence-electron chi connectivity index (χ2n) is 30.0. The zero-order valence-corrected chi connectivity index (χ0v) is 88.9. The molecule has 0 atom stereocenters. The molecule has 0 aromatic heterocycles. The molecule has 21 rings (SSSR count). The van der Waals surface area contributed by atoms with E-state index in [0.717, 1.165) is 90.3 Å². The Morgan fingerprint density at radius 1 is 0.311 bits per heavy atom. The normalized spacial score (nSPS) is 11.4. The van der Waals surface area contributed by atoms with Gasteiger partial charge in [-0.1, -0.05) is 240 Å². The second kappa shape index (κ2) is 45.4. The number of benzene rings is 14. The van der Waals surface area contributed by atoms with E-state index in [1.165, 1.54) is 195 Å². The van der Waals surface area contributed by atoms with E-state index in [9.17, 15) is 0 Å². The molecule has 14 aromatic rings. The Labute approximate surface area is 886 Å². The SMILES string of the molecule is [CH-]=Cc1[c-]c(C)c2c(c1)-c1ccccc1C2.[CH-]=Cc1[c-]c(C)cc2c1Cc1ccccc1-2.[CH-]=Cc1[c-]c2c(cc1)-c1c(C)cccc1C2.[CH-]=Cc1[c-]c2c(cc1)Cc1ccc(C)cc1-2.[CH-]=Cc1[c-]cc2c(c1C)Cc1ccccc1-2.[CH-]=Cc1[c-]ccc2c1-c1ccc(C)cc1C2.[CH2-]Cc1[c-]ccc2c1-c1ccc(C)cc1C2.[Y].[Y].[Y].[Y].[Y].[Y].[Y]. The Morgan fingerprint density at radius 2 is 0.798 bits per heavy atom. The van der Waals surface area contributed by atoms with Gasteiger partial charge in [0.15, 0.2) is 0 Å². The van der Waals surface area contributed by atoms with E-state index in [0.29, 0.717) is 0 Å². The Hall–Kier alpha value is -4.75. The first kappa shape index (κ1) is 99.7. The molecule has 0 fully saturated rings. The van der Waals surface area contributed by atoms with E-state index in [4.69, 9.17) is 39.5 Å².